The SMILES string of the molecule is O=C(O[C@@H](C(=O)c1ccccc1)c1ccc([N+](=O)[O-])cc1)c1cccs1. The first-order valence-corrected chi connectivity index (χ1v) is 8.52. The maximum atomic E-state index is 12.9. The van der Waals surface area contributed by atoms with Crippen LogP contribution in [-0.4, -0.2) is 16.7 Å². The van der Waals surface area contributed by atoms with E-state index in [2.05, 4.69) is 0 Å². The number of carbonyl (C=O) groups excluding carboxylic acids is 2. The summed E-state index contributed by atoms with van der Waals surface area (Å²) in [4.78, 5) is 35.9. The molecule has 3 rings (SSSR count). The van der Waals surface area contributed by atoms with Crippen LogP contribution in [0.15, 0.2) is 72.1 Å². The van der Waals surface area contributed by atoms with Crippen LogP contribution in [0.3, 0.4) is 0 Å². The zero-order valence-corrected chi connectivity index (χ0v) is 14.2. The van der Waals surface area contributed by atoms with Gasteiger partial charge >= 0.3 is 5.97 Å². The Bertz CT molecular complexity index is 920. The number of carbonyl (C=O) groups is 2. The van der Waals surface area contributed by atoms with Crippen LogP contribution in [0, 0.1) is 10.1 Å². The van der Waals surface area contributed by atoms with E-state index in [1.807, 2.05) is 0 Å². The van der Waals surface area contributed by atoms with Crippen LogP contribution in [0.4, 0.5) is 5.69 Å². The number of Topliss-reactive ketones (excluding diaryl/α,β-unsaturated/α-hetero) is 1. The molecule has 1 atom stereocenters. The van der Waals surface area contributed by atoms with Crippen LogP contribution in [0.5, 0.6) is 0 Å². The Morgan fingerprint density at radius 3 is 2.23 bits per heavy atom. The fraction of sp³-hybridized carbons (Fsp3) is 0.0526. The fourth-order valence-corrected chi connectivity index (χ4v) is 2.96. The van der Waals surface area contributed by atoms with Crippen LogP contribution >= 0.6 is 11.3 Å². The van der Waals surface area contributed by atoms with Crippen molar-refractivity contribution in [1.29, 1.82) is 0 Å². The van der Waals surface area contributed by atoms with E-state index in [4.69, 9.17) is 4.74 Å². The average Bonchev–Trinajstić information content (AvgIpc) is 3.21. The summed E-state index contributed by atoms with van der Waals surface area (Å²) in [6.07, 6.45) is -1.19. The van der Waals surface area contributed by atoms with Crippen molar-refractivity contribution in [2.24, 2.45) is 0 Å². The van der Waals surface area contributed by atoms with E-state index in [1.54, 1.807) is 47.8 Å². The summed E-state index contributed by atoms with van der Waals surface area (Å²) in [5.41, 5.74) is 0.647. The lowest BCUT2D eigenvalue weighted by molar-refractivity contribution is -0.384. The summed E-state index contributed by atoms with van der Waals surface area (Å²) in [7, 11) is 0. The third-order valence-electron chi connectivity index (χ3n) is 3.65. The molecule has 0 amide bonds. The number of nitro groups is 1. The molecule has 2 aromatic carbocycles. The van der Waals surface area contributed by atoms with Gasteiger partial charge in [-0.1, -0.05) is 36.4 Å². The van der Waals surface area contributed by atoms with Crippen molar-refractivity contribution in [2.45, 2.75) is 6.10 Å². The molecule has 1 heterocycles. The molecule has 26 heavy (non-hydrogen) atoms. The third kappa shape index (κ3) is 3.84. The molecule has 1 aromatic heterocycles. The van der Waals surface area contributed by atoms with Gasteiger partial charge in [-0.15, -0.1) is 11.3 Å². The second-order valence-corrected chi connectivity index (χ2v) is 6.29. The molecule has 0 aliphatic heterocycles. The van der Waals surface area contributed by atoms with Gasteiger partial charge < -0.3 is 4.74 Å². The van der Waals surface area contributed by atoms with Gasteiger partial charge in [-0.3, -0.25) is 14.9 Å². The quantitative estimate of drug-likeness (QED) is 0.278. The highest BCUT2D eigenvalue weighted by atomic mass is 32.1. The molecular weight excluding hydrogens is 354 g/mol. The summed E-state index contributed by atoms with van der Waals surface area (Å²) in [6, 6.07) is 17.2. The number of ether oxygens (including phenoxy) is 1. The second kappa shape index (κ2) is 7.71. The predicted molar refractivity (Wildman–Crippen MR) is 96.3 cm³/mol. The molecule has 0 unspecified atom stereocenters. The number of esters is 1. The molecule has 0 aliphatic carbocycles. The standard InChI is InChI=1S/C19H13NO5S/c21-17(13-5-2-1-3-6-13)18(25-19(22)16-7-4-12-26-16)14-8-10-15(11-9-14)20(23)24/h1-12,18H/t18-/m1/s1. The van der Waals surface area contributed by atoms with Gasteiger partial charge in [0.05, 0.1) is 4.92 Å². The van der Waals surface area contributed by atoms with E-state index in [-0.39, 0.29) is 5.69 Å². The summed E-state index contributed by atoms with van der Waals surface area (Å²) in [6.45, 7) is 0. The van der Waals surface area contributed by atoms with Crippen molar-refractivity contribution in [1.82, 2.24) is 0 Å². The minimum atomic E-state index is -1.19. The summed E-state index contributed by atoms with van der Waals surface area (Å²) >= 11 is 1.21. The Balaban J connectivity index is 1.94. The summed E-state index contributed by atoms with van der Waals surface area (Å²) in [5.74, 6) is -1.02. The van der Waals surface area contributed by atoms with Gasteiger partial charge in [0.15, 0.2) is 6.10 Å². The number of nitrogens with zero attached hydrogens (tertiary/aromatic N) is 1. The van der Waals surface area contributed by atoms with Crippen LogP contribution < -0.4 is 0 Å². The van der Waals surface area contributed by atoms with Gasteiger partial charge in [0.2, 0.25) is 5.78 Å². The molecule has 0 saturated carbocycles. The molecule has 3 aromatic rings. The fourth-order valence-electron chi connectivity index (χ4n) is 2.36. The van der Waals surface area contributed by atoms with Gasteiger partial charge in [0.1, 0.15) is 4.88 Å². The van der Waals surface area contributed by atoms with Gasteiger partial charge in [-0.2, -0.15) is 0 Å². The first-order valence-electron chi connectivity index (χ1n) is 7.64. The van der Waals surface area contributed by atoms with Crippen molar-refractivity contribution in [2.75, 3.05) is 0 Å². The van der Waals surface area contributed by atoms with E-state index in [0.29, 0.717) is 16.0 Å². The molecule has 0 saturated heterocycles. The van der Waals surface area contributed by atoms with Gasteiger partial charge in [0, 0.05) is 23.3 Å². The Hall–Kier alpha value is -3.32. The number of non-ortho nitro benzene ring substituents is 1. The first-order chi connectivity index (χ1) is 12.6. The van der Waals surface area contributed by atoms with Gasteiger partial charge in [0.25, 0.3) is 5.69 Å². The topological polar surface area (TPSA) is 86.5 Å². The zero-order chi connectivity index (χ0) is 18.5. The Morgan fingerprint density at radius 1 is 0.962 bits per heavy atom. The molecule has 0 fully saturated rings. The van der Waals surface area contributed by atoms with E-state index in [9.17, 15) is 19.7 Å². The van der Waals surface area contributed by atoms with E-state index < -0.39 is 22.8 Å². The number of hydrogen-bond acceptors (Lipinski definition) is 6. The van der Waals surface area contributed by atoms with E-state index in [1.165, 1.54) is 35.6 Å². The highest BCUT2D eigenvalue weighted by Gasteiger charge is 2.27. The molecule has 0 N–H and O–H groups in total. The lowest BCUT2D eigenvalue weighted by atomic mass is 9.99. The second-order valence-electron chi connectivity index (χ2n) is 5.34. The van der Waals surface area contributed by atoms with E-state index >= 15 is 0 Å². The average molecular weight is 367 g/mol. The number of ketones is 1. The minimum absolute atomic E-state index is 0.107. The number of thiophene rings is 1. The normalized spacial score (nSPS) is 11.5. The molecule has 130 valence electrons. The first kappa shape index (κ1) is 17.5. The lowest BCUT2D eigenvalue weighted by Crippen LogP contribution is -2.20. The number of hydrogen-bond donors (Lipinski definition) is 0. The largest absolute Gasteiger partial charge is 0.445 e. The van der Waals surface area contributed by atoms with Crippen molar-refractivity contribution in [3.63, 3.8) is 0 Å². The highest BCUT2D eigenvalue weighted by molar-refractivity contribution is 7.11. The molecule has 0 aliphatic rings. The molecule has 0 radical (unpaired) electrons. The number of benzene rings is 2. The monoisotopic (exact) mass is 367 g/mol. The smallest absolute Gasteiger partial charge is 0.349 e. The molecule has 0 bridgehead atoms. The number of nitro benzene ring substituents is 1. The highest BCUT2D eigenvalue weighted by Crippen LogP contribution is 2.26. The van der Waals surface area contributed by atoms with Crippen LogP contribution in [0.2, 0.25) is 0 Å². The van der Waals surface area contributed by atoms with Crippen LogP contribution in [0.25, 0.3) is 0 Å². The Morgan fingerprint density at radius 2 is 1.65 bits per heavy atom. The van der Waals surface area contributed by atoms with Crippen molar-refractivity contribution in [3.05, 3.63) is 98.2 Å². The number of rotatable bonds is 6. The van der Waals surface area contributed by atoms with Crippen LogP contribution in [0.1, 0.15) is 31.7 Å². The molecule has 7 heteroatoms. The lowest BCUT2D eigenvalue weighted by Gasteiger charge is -2.17. The van der Waals surface area contributed by atoms with Crippen molar-refractivity contribution in [3.8, 4) is 0 Å². The van der Waals surface area contributed by atoms with Crippen LogP contribution in [-0.2, 0) is 4.74 Å². The summed E-state index contributed by atoms with van der Waals surface area (Å²) in [5, 5.41) is 12.6. The van der Waals surface area contributed by atoms with Crippen molar-refractivity contribution >= 4 is 28.8 Å². The maximum absolute atomic E-state index is 12.9. The van der Waals surface area contributed by atoms with Gasteiger partial charge in [-0.25, -0.2) is 4.79 Å². The van der Waals surface area contributed by atoms with Crippen molar-refractivity contribution < 1.29 is 19.2 Å². The molecular formula is C19H13NO5S. The maximum Gasteiger partial charge on any atom is 0.349 e. The third-order valence-corrected chi connectivity index (χ3v) is 4.50. The molecule has 0 spiro atoms. The summed E-state index contributed by atoms with van der Waals surface area (Å²) < 4.78 is 5.45. The molecule has 6 nitrogen and oxygen atoms in total. The van der Waals surface area contributed by atoms with E-state index in [0.717, 1.165) is 0 Å². The predicted octanol–water partition coefficient (Wildman–Crippen LogP) is 4.44. The zero-order valence-electron chi connectivity index (χ0n) is 13.4. The Kier molecular flexibility index (Phi) is 5.19. The van der Waals surface area contributed by atoms with Gasteiger partial charge in [-0.05, 0) is 23.6 Å². The minimum Gasteiger partial charge on any atom is -0.445 e. The Labute approximate surface area is 152 Å².